The average molecular weight is 323 g/mol. The van der Waals surface area contributed by atoms with Gasteiger partial charge >= 0.3 is 0 Å². The van der Waals surface area contributed by atoms with Crippen molar-refractivity contribution in [3.63, 3.8) is 0 Å². The molecule has 0 aliphatic heterocycles. The van der Waals surface area contributed by atoms with Crippen molar-refractivity contribution >= 4 is 46.4 Å². The number of ether oxygens (including phenoxy) is 1. The Morgan fingerprint density at radius 2 is 1.72 bits per heavy atom. The normalized spacial score (nSPS) is 10.5. The van der Waals surface area contributed by atoms with Gasteiger partial charge in [0.15, 0.2) is 0 Å². The Bertz CT molecular complexity index is 601. The number of rotatable bonds is 2. The van der Waals surface area contributed by atoms with E-state index in [0.29, 0.717) is 32.1 Å². The largest absolute Gasteiger partial charge is 0.495 e. The van der Waals surface area contributed by atoms with E-state index in [1.165, 1.54) is 6.20 Å². The monoisotopic (exact) mass is 321 g/mol. The number of hydrogen-bond acceptors (Lipinski definition) is 2. The number of hydrogen-bond donors (Lipinski definition) is 0. The van der Waals surface area contributed by atoms with Gasteiger partial charge in [0.05, 0.1) is 28.4 Å². The fraction of sp³-hybridized carbons (Fsp3) is 0.0833. The molecule has 0 unspecified atom stereocenters. The van der Waals surface area contributed by atoms with Crippen molar-refractivity contribution in [1.82, 2.24) is 4.98 Å². The maximum absolute atomic E-state index is 6.16. The van der Waals surface area contributed by atoms with Crippen molar-refractivity contribution in [2.24, 2.45) is 0 Å². The zero-order chi connectivity index (χ0) is 13.3. The molecule has 0 bridgehead atoms. The van der Waals surface area contributed by atoms with E-state index in [0.717, 1.165) is 0 Å². The van der Waals surface area contributed by atoms with Crippen LogP contribution >= 0.6 is 46.4 Å². The van der Waals surface area contributed by atoms with E-state index in [1.807, 2.05) is 0 Å². The van der Waals surface area contributed by atoms with E-state index in [2.05, 4.69) is 4.98 Å². The molecule has 0 saturated carbocycles. The lowest BCUT2D eigenvalue weighted by Crippen LogP contribution is -1.89. The van der Waals surface area contributed by atoms with Gasteiger partial charge in [0.2, 0.25) is 0 Å². The van der Waals surface area contributed by atoms with Crippen LogP contribution in [0.15, 0.2) is 24.4 Å². The highest BCUT2D eigenvalue weighted by Crippen LogP contribution is 2.40. The fourth-order valence-corrected chi connectivity index (χ4v) is 2.31. The molecule has 0 saturated heterocycles. The third-order valence-corrected chi connectivity index (χ3v) is 3.97. The molecule has 0 fully saturated rings. The molecular weight excluding hydrogens is 316 g/mol. The van der Waals surface area contributed by atoms with Crippen LogP contribution in [0.3, 0.4) is 0 Å². The molecule has 0 spiro atoms. The molecule has 0 radical (unpaired) electrons. The minimum absolute atomic E-state index is 0.287. The van der Waals surface area contributed by atoms with E-state index in [-0.39, 0.29) is 5.02 Å². The summed E-state index contributed by atoms with van der Waals surface area (Å²) in [6.07, 6.45) is 1.53. The zero-order valence-electron chi connectivity index (χ0n) is 9.18. The lowest BCUT2D eigenvalue weighted by molar-refractivity contribution is 0.413. The summed E-state index contributed by atoms with van der Waals surface area (Å²) >= 11 is 24.1. The van der Waals surface area contributed by atoms with Crippen LogP contribution in [0, 0.1) is 0 Å². The second kappa shape index (κ2) is 5.54. The highest BCUT2D eigenvalue weighted by atomic mass is 35.5. The number of methoxy groups -OCH3 is 1. The molecule has 0 N–H and O–H groups in total. The first-order valence-electron chi connectivity index (χ1n) is 4.88. The van der Waals surface area contributed by atoms with Crippen LogP contribution in [0.25, 0.3) is 11.1 Å². The first-order valence-corrected chi connectivity index (χ1v) is 6.39. The van der Waals surface area contributed by atoms with E-state index < -0.39 is 0 Å². The summed E-state index contributed by atoms with van der Waals surface area (Å²) in [7, 11) is 1.55. The number of aromatic nitrogens is 1. The van der Waals surface area contributed by atoms with Crippen molar-refractivity contribution in [2.45, 2.75) is 0 Å². The highest BCUT2D eigenvalue weighted by molar-refractivity contribution is 6.49. The van der Waals surface area contributed by atoms with Crippen LogP contribution in [0.5, 0.6) is 5.75 Å². The van der Waals surface area contributed by atoms with Crippen molar-refractivity contribution < 1.29 is 4.74 Å². The van der Waals surface area contributed by atoms with Crippen LogP contribution < -0.4 is 4.74 Å². The van der Waals surface area contributed by atoms with Gasteiger partial charge in [-0.25, -0.2) is 4.98 Å². The Morgan fingerprint density at radius 1 is 1.00 bits per heavy atom. The minimum atomic E-state index is 0.287. The van der Waals surface area contributed by atoms with E-state index in [4.69, 9.17) is 51.1 Å². The standard InChI is InChI=1S/C12H7Cl4NO/c1-18-6-4-8(12(16)17-5-6)7-2-3-9(13)11(15)10(7)14/h2-5H,1H3. The van der Waals surface area contributed by atoms with E-state index >= 15 is 0 Å². The molecule has 0 amide bonds. The zero-order valence-corrected chi connectivity index (χ0v) is 12.2. The molecule has 2 rings (SSSR count). The SMILES string of the molecule is COc1cnc(Cl)c(-c2ccc(Cl)c(Cl)c2Cl)c1. The highest BCUT2D eigenvalue weighted by Gasteiger charge is 2.14. The first-order chi connectivity index (χ1) is 8.54. The molecule has 1 heterocycles. The van der Waals surface area contributed by atoms with E-state index in [1.54, 1.807) is 25.3 Å². The third kappa shape index (κ3) is 2.52. The summed E-state index contributed by atoms with van der Waals surface area (Å²) in [4.78, 5) is 4.03. The second-order valence-electron chi connectivity index (χ2n) is 3.44. The van der Waals surface area contributed by atoms with E-state index in [9.17, 15) is 0 Å². The lowest BCUT2D eigenvalue weighted by atomic mass is 10.1. The van der Waals surface area contributed by atoms with Crippen LogP contribution in [0.4, 0.5) is 0 Å². The summed E-state index contributed by atoms with van der Waals surface area (Å²) in [5, 5.41) is 1.32. The van der Waals surface area contributed by atoms with Crippen molar-refractivity contribution in [3.8, 4) is 16.9 Å². The Balaban J connectivity index is 2.65. The third-order valence-electron chi connectivity index (χ3n) is 2.38. The molecule has 94 valence electrons. The Kier molecular flexibility index (Phi) is 4.23. The first kappa shape index (κ1) is 13.8. The number of nitrogens with zero attached hydrogens (tertiary/aromatic N) is 1. The van der Waals surface area contributed by atoms with Crippen molar-refractivity contribution in [3.05, 3.63) is 44.6 Å². The van der Waals surface area contributed by atoms with Crippen molar-refractivity contribution in [1.29, 1.82) is 0 Å². The number of benzene rings is 1. The number of halogens is 4. The van der Waals surface area contributed by atoms with Gasteiger partial charge in [-0.3, -0.25) is 0 Å². The molecule has 6 heteroatoms. The Labute approximate surface area is 124 Å². The summed E-state index contributed by atoms with van der Waals surface area (Å²) in [5.41, 5.74) is 1.29. The van der Waals surface area contributed by atoms with Crippen LogP contribution in [0.1, 0.15) is 0 Å². The Hall–Kier alpha value is -0.670. The van der Waals surface area contributed by atoms with Crippen LogP contribution in [-0.2, 0) is 0 Å². The number of pyridine rings is 1. The molecular formula is C12H7Cl4NO. The second-order valence-corrected chi connectivity index (χ2v) is 4.96. The molecule has 18 heavy (non-hydrogen) atoms. The topological polar surface area (TPSA) is 22.1 Å². The maximum Gasteiger partial charge on any atom is 0.137 e. The lowest BCUT2D eigenvalue weighted by Gasteiger charge is -2.10. The van der Waals surface area contributed by atoms with Crippen LogP contribution in [-0.4, -0.2) is 12.1 Å². The van der Waals surface area contributed by atoms with Gasteiger partial charge < -0.3 is 4.74 Å². The molecule has 1 aromatic heterocycles. The van der Waals surface area contributed by atoms with Gasteiger partial charge in [-0.2, -0.15) is 0 Å². The predicted molar refractivity (Wildman–Crippen MR) is 76.3 cm³/mol. The quantitative estimate of drug-likeness (QED) is 0.547. The predicted octanol–water partition coefficient (Wildman–Crippen LogP) is 5.37. The summed E-state index contributed by atoms with van der Waals surface area (Å²) in [5.74, 6) is 0.580. The fourth-order valence-electron chi connectivity index (χ4n) is 1.46. The molecule has 1 aromatic carbocycles. The molecule has 0 aliphatic rings. The Morgan fingerprint density at radius 3 is 2.39 bits per heavy atom. The van der Waals surface area contributed by atoms with Crippen LogP contribution in [0.2, 0.25) is 20.2 Å². The molecule has 2 nitrogen and oxygen atoms in total. The summed E-state index contributed by atoms with van der Waals surface area (Å²) < 4.78 is 5.10. The maximum atomic E-state index is 6.16. The van der Waals surface area contributed by atoms with Gasteiger partial charge in [0.1, 0.15) is 10.9 Å². The van der Waals surface area contributed by atoms with Gasteiger partial charge in [0, 0.05) is 11.1 Å². The average Bonchev–Trinajstić information content (AvgIpc) is 2.37. The minimum Gasteiger partial charge on any atom is -0.495 e. The van der Waals surface area contributed by atoms with Gasteiger partial charge in [-0.1, -0.05) is 52.5 Å². The molecule has 0 atom stereocenters. The van der Waals surface area contributed by atoms with Gasteiger partial charge in [-0.15, -0.1) is 0 Å². The van der Waals surface area contributed by atoms with Gasteiger partial charge in [-0.05, 0) is 12.1 Å². The summed E-state index contributed by atoms with van der Waals surface area (Å²) in [6, 6.07) is 5.13. The molecule has 0 aliphatic carbocycles. The summed E-state index contributed by atoms with van der Waals surface area (Å²) in [6.45, 7) is 0. The van der Waals surface area contributed by atoms with Crippen molar-refractivity contribution in [2.75, 3.05) is 7.11 Å². The smallest absolute Gasteiger partial charge is 0.137 e. The molecule has 2 aromatic rings. The van der Waals surface area contributed by atoms with Gasteiger partial charge in [0.25, 0.3) is 0 Å².